The highest BCUT2D eigenvalue weighted by molar-refractivity contribution is 7.10. The average molecular weight is 368 g/mol. The van der Waals surface area contributed by atoms with Crippen molar-refractivity contribution in [1.82, 2.24) is 5.32 Å². The first-order valence-electron chi connectivity index (χ1n) is 6.82. The van der Waals surface area contributed by atoms with Crippen molar-refractivity contribution in [2.45, 2.75) is 18.9 Å². The van der Waals surface area contributed by atoms with E-state index < -0.39 is 29.3 Å². The minimum Gasteiger partial charge on any atom is -0.550 e. The predicted molar refractivity (Wildman–Crippen MR) is 86.6 cm³/mol. The number of nitro groups is 1. The number of hydrogen-bond acceptors (Lipinski definition) is 6. The third kappa shape index (κ3) is 4.77. The summed E-state index contributed by atoms with van der Waals surface area (Å²) in [7, 11) is 0. The molecule has 0 saturated heterocycles. The fraction of sp³-hybridized carbons (Fsp3) is 0.200. The van der Waals surface area contributed by atoms with Crippen LogP contribution in [0.15, 0.2) is 35.7 Å². The van der Waals surface area contributed by atoms with E-state index in [4.69, 9.17) is 11.6 Å². The number of nitrogens with one attached hydrogen (secondary N) is 1. The Kier molecular flexibility index (Phi) is 5.88. The summed E-state index contributed by atoms with van der Waals surface area (Å²) in [4.78, 5) is 34.2. The zero-order valence-corrected chi connectivity index (χ0v) is 13.8. The van der Waals surface area contributed by atoms with Gasteiger partial charge in [-0.15, -0.1) is 11.3 Å². The lowest BCUT2D eigenvalue weighted by atomic mass is 10.0. The maximum absolute atomic E-state index is 12.1. The highest BCUT2D eigenvalue weighted by Gasteiger charge is 2.21. The number of carboxylic acid groups (broad SMARTS) is 1. The van der Waals surface area contributed by atoms with Crippen LogP contribution < -0.4 is 10.4 Å². The van der Waals surface area contributed by atoms with E-state index in [1.54, 1.807) is 12.1 Å². The number of nitro benzene ring substituents is 1. The molecule has 0 aliphatic carbocycles. The molecule has 0 aliphatic heterocycles. The van der Waals surface area contributed by atoms with Gasteiger partial charge in [-0.3, -0.25) is 14.9 Å². The lowest BCUT2D eigenvalue weighted by molar-refractivity contribution is -0.385. The molecular weight excluding hydrogens is 356 g/mol. The normalized spacial score (nSPS) is 11.7. The van der Waals surface area contributed by atoms with E-state index in [1.807, 2.05) is 5.38 Å². The standard InChI is InChI=1S/C15H13ClN2O5S/c16-12-4-3-9(18(22)23)6-11(12)13(8-15(20)21)17-14(19)7-10-2-1-5-24-10/h1-6,13H,7-8H2,(H,17,19)(H,20,21)/p-1/t13-/m0/s1. The highest BCUT2D eigenvalue weighted by atomic mass is 35.5. The van der Waals surface area contributed by atoms with Crippen molar-refractivity contribution in [2.75, 3.05) is 0 Å². The maximum atomic E-state index is 12.1. The van der Waals surface area contributed by atoms with Crippen LogP contribution in [-0.2, 0) is 16.0 Å². The molecule has 0 spiro atoms. The van der Waals surface area contributed by atoms with E-state index >= 15 is 0 Å². The maximum Gasteiger partial charge on any atom is 0.269 e. The van der Waals surface area contributed by atoms with Crippen molar-refractivity contribution in [3.05, 3.63) is 61.3 Å². The molecule has 9 heteroatoms. The summed E-state index contributed by atoms with van der Waals surface area (Å²) < 4.78 is 0. The van der Waals surface area contributed by atoms with Crippen LogP contribution in [0.4, 0.5) is 5.69 Å². The van der Waals surface area contributed by atoms with Crippen molar-refractivity contribution < 1.29 is 19.6 Å². The number of amides is 1. The van der Waals surface area contributed by atoms with Gasteiger partial charge in [-0.2, -0.15) is 0 Å². The van der Waals surface area contributed by atoms with Gasteiger partial charge in [-0.25, -0.2) is 0 Å². The molecular formula is C15H12ClN2O5S-. The summed E-state index contributed by atoms with van der Waals surface area (Å²) in [5, 5.41) is 26.4. The second kappa shape index (κ2) is 7.89. The van der Waals surface area contributed by atoms with Gasteiger partial charge in [0, 0.05) is 40.0 Å². The van der Waals surface area contributed by atoms with Crippen LogP contribution in [-0.4, -0.2) is 16.8 Å². The minimum absolute atomic E-state index is 0.0771. The quantitative estimate of drug-likeness (QED) is 0.592. The SMILES string of the molecule is O=C([O-])C[C@H](NC(=O)Cc1cccs1)c1cc([N+](=O)[O-])ccc1Cl. The van der Waals surface area contributed by atoms with Gasteiger partial charge in [-0.1, -0.05) is 17.7 Å². The third-order valence-electron chi connectivity index (χ3n) is 3.19. The Labute approximate surface area is 146 Å². The number of aliphatic carboxylic acids is 1. The number of carbonyl (C=O) groups is 2. The molecule has 0 fully saturated rings. The van der Waals surface area contributed by atoms with Crippen molar-refractivity contribution in [1.29, 1.82) is 0 Å². The molecule has 0 radical (unpaired) electrons. The van der Waals surface area contributed by atoms with Crippen LogP contribution in [0.2, 0.25) is 5.02 Å². The van der Waals surface area contributed by atoms with Gasteiger partial charge >= 0.3 is 0 Å². The summed E-state index contributed by atoms with van der Waals surface area (Å²) in [5.41, 5.74) is -0.0835. The van der Waals surface area contributed by atoms with E-state index in [0.717, 1.165) is 10.9 Å². The Balaban J connectivity index is 2.24. The van der Waals surface area contributed by atoms with Gasteiger partial charge in [-0.05, 0) is 17.5 Å². The van der Waals surface area contributed by atoms with Crippen molar-refractivity contribution >= 4 is 40.5 Å². The first-order chi connectivity index (χ1) is 11.4. The van der Waals surface area contributed by atoms with Gasteiger partial charge in [0.05, 0.1) is 17.4 Å². The van der Waals surface area contributed by atoms with Gasteiger partial charge in [0.25, 0.3) is 5.69 Å². The van der Waals surface area contributed by atoms with Crippen LogP contribution in [0.3, 0.4) is 0 Å². The fourth-order valence-corrected chi connectivity index (χ4v) is 3.09. The number of nitrogens with zero attached hydrogens (tertiary/aromatic N) is 1. The zero-order chi connectivity index (χ0) is 17.7. The summed E-state index contributed by atoms with van der Waals surface area (Å²) in [6.45, 7) is 0. The molecule has 2 rings (SSSR count). The molecule has 1 amide bonds. The van der Waals surface area contributed by atoms with Crippen LogP contribution >= 0.6 is 22.9 Å². The molecule has 0 bridgehead atoms. The molecule has 1 aromatic heterocycles. The molecule has 24 heavy (non-hydrogen) atoms. The Morgan fingerprint density at radius 3 is 2.67 bits per heavy atom. The van der Waals surface area contributed by atoms with Crippen LogP contribution in [0.5, 0.6) is 0 Å². The number of rotatable bonds is 7. The zero-order valence-electron chi connectivity index (χ0n) is 12.2. The fourth-order valence-electron chi connectivity index (χ4n) is 2.13. The number of non-ortho nitro benzene ring substituents is 1. The van der Waals surface area contributed by atoms with Gasteiger partial charge in [0.15, 0.2) is 0 Å². The monoisotopic (exact) mass is 367 g/mol. The predicted octanol–water partition coefficient (Wildman–Crippen LogP) is 1.85. The molecule has 1 N–H and O–H groups in total. The Morgan fingerprint density at radius 1 is 1.33 bits per heavy atom. The van der Waals surface area contributed by atoms with Crippen LogP contribution in [0.1, 0.15) is 22.9 Å². The summed E-state index contributed by atoms with van der Waals surface area (Å²) in [5.74, 6) is -1.81. The lowest BCUT2D eigenvalue weighted by Gasteiger charge is -2.20. The van der Waals surface area contributed by atoms with Crippen molar-refractivity contribution in [3.8, 4) is 0 Å². The topological polar surface area (TPSA) is 112 Å². The molecule has 0 saturated carbocycles. The lowest BCUT2D eigenvalue weighted by Crippen LogP contribution is -2.35. The van der Waals surface area contributed by atoms with E-state index in [-0.39, 0.29) is 22.7 Å². The van der Waals surface area contributed by atoms with E-state index in [1.165, 1.54) is 23.5 Å². The smallest absolute Gasteiger partial charge is 0.269 e. The molecule has 126 valence electrons. The molecule has 7 nitrogen and oxygen atoms in total. The second-order valence-electron chi connectivity index (χ2n) is 4.92. The number of benzene rings is 1. The Morgan fingerprint density at radius 2 is 2.08 bits per heavy atom. The van der Waals surface area contributed by atoms with Crippen molar-refractivity contribution in [3.63, 3.8) is 0 Å². The van der Waals surface area contributed by atoms with Crippen LogP contribution in [0.25, 0.3) is 0 Å². The average Bonchev–Trinajstić information content (AvgIpc) is 2.99. The summed E-state index contributed by atoms with van der Waals surface area (Å²) in [6, 6.07) is 6.20. The number of thiophene rings is 1. The second-order valence-corrected chi connectivity index (χ2v) is 6.35. The number of hydrogen-bond donors (Lipinski definition) is 1. The molecule has 1 atom stereocenters. The number of carboxylic acids is 1. The highest BCUT2D eigenvalue weighted by Crippen LogP contribution is 2.29. The Bertz CT molecular complexity index is 763. The number of halogens is 1. The largest absolute Gasteiger partial charge is 0.550 e. The summed E-state index contributed by atoms with van der Waals surface area (Å²) >= 11 is 7.41. The molecule has 1 aromatic carbocycles. The molecule has 0 unspecified atom stereocenters. The molecule has 1 heterocycles. The Hall–Kier alpha value is -2.45. The van der Waals surface area contributed by atoms with Gasteiger partial charge in [0.1, 0.15) is 0 Å². The third-order valence-corrected chi connectivity index (χ3v) is 4.41. The van der Waals surface area contributed by atoms with Crippen molar-refractivity contribution in [2.24, 2.45) is 0 Å². The number of carbonyl (C=O) groups excluding carboxylic acids is 2. The van der Waals surface area contributed by atoms with E-state index in [9.17, 15) is 24.8 Å². The summed E-state index contributed by atoms with van der Waals surface area (Å²) in [6.07, 6.45) is -0.467. The van der Waals surface area contributed by atoms with Gasteiger partial charge < -0.3 is 15.2 Å². The van der Waals surface area contributed by atoms with E-state index in [0.29, 0.717) is 0 Å². The molecule has 0 aliphatic rings. The van der Waals surface area contributed by atoms with Gasteiger partial charge in [0.2, 0.25) is 5.91 Å². The van der Waals surface area contributed by atoms with Crippen LogP contribution in [0, 0.1) is 10.1 Å². The molecule has 2 aromatic rings. The first kappa shape index (κ1) is 17.9. The van der Waals surface area contributed by atoms with E-state index in [2.05, 4.69) is 5.32 Å². The first-order valence-corrected chi connectivity index (χ1v) is 8.08. The minimum atomic E-state index is -1.40.